The maximum absolute atomic E-state index is 11.2. The Bertz CT molecular complexity index is 1090. The van der Waals surface area contributed by atoms with Crippen molar-refractivity contribution in [1.29, 1.82) is 0 Å². The molecule has 3 atom stereocenters. The monoisotopic (exact) mass is 442 g/mol. The molecule has 168 valence electrons. The van der Waals surface area contributed by atoms with E-state index in [0.717, 1.165) is 32.1 Å². The number of aromatic hydroxyl groups is 2. The van der Waals surface area contributed by atoms with E-state index in [9.17, 15) is 30.4 Å². The van der Waals surface area contributed by atoms with Crippen molar-refractivity contribution < 1.29 is 29.5 Å². The summed E-state index contributed by atoms with van der Waals surface area (Å²) < 4.78 is 12.7. The van der Waals surface area contributed by atoms with Crippen LogP contribution in [0, 0.1) is 38.0 Å². The van der Waals surface area contributed by atoms with Gasteiger partial charge in [0.15, 0.2) is 11.5 Å². The fourth-order valence-corrected chi connectivity index (χ4v) is 6.08. The first-order valence-electron chi connectivity index (χ1n) is 10.5. The van der Waals surface area contributed by atoms with Crippen LogP contribution in [0.5, 0.6) is 23.0 Å². The molecule has 0 aromatic heterocycles. The normalized spacial score (nSPS) is 30.1. The Morgan fingerprint density at radius 1 is 0.844 bits per heavy atom. The minimum absolute atomic E-state index is 0.196. The van der Waals surface area contributed by atoms with Gasteiger partial charge in [-0.25, -0.2) is 0 Å². The van der Waals surface area contributed by atoms with Crippen molar-refractivity contribution in [3.63, 3.8) is 0 Å². The van der Waals surface area contributed by atoms with Gasteiger partial charge < -0.3 is 19.7 Å². The second kappa shape index (κ2) is 7.25. The quantitative estimate of drug-likeness (QED) is 0.497. The lowest BCUT2D eigenvalue weighted by molar-refractivity contribution is -0.386. The van der Waals surface area contributed by atoms with Gasteiger partial charge in [0.1, 0.15) is 23.2 Å². The Kier molecular flexibility index (Phi) is 4.61. The van der Waals surface area contributed by atoms with Crippen LogP contribution >= 0.6 is 0 Å². The number of nitro benzene ring substituents is 2. The summed E-state index contributed by atoms with van der Waals surface area (Å²) in [4.78, 5) is 21.1. The SMILES string of the molecule is O=[N+]([O-])c1cc(OC2C3CC4CC(C3)CC2(Oc2ccc(O)c([N+](=O)[O-])c2)C4)ccc1O. The summed E-state index contributed by atoms with van der Waals surface area (Å²) in [6.07, 6.45) is 4.12. The van der Waals surface area contributed by atoms with Gasteiger partial charge in [0, 0.05) is 5.92 Å². The third kappa shape index (κ3) is 3.35. The van der Waals surface area contributed by atoms with Gasteiger partial charge in [0.25, 0.3) is 0 Å². The van der Waals surface area contributed by atoms with Gasteiger partial charge in [-0.2, -0.15) is 0 Å². The van der Waals surface area contributed by atoms with E-state index in [1.165, 1.54) is 36.4 Å². The van der Waals surface area contributed by atoms with Crippen LogP contribution in [0.1, 0.15) is 32.1 Å². The molecule has 10 nitrogen and oxygen atoms in total. The highest BCUT2D eigenvalue weighted by molar-refractivity contribution is 5.51. The number of nitro groups is 2. The van der Waals surface area contributed by atoms with Crippen molar-refractivity contribution in [3.8, 4) is 23.0 Å². The Labute approximate surface area is 182 Å². The lowest BCUT2D eigenvalue weighted by Gasteiger charge is -2.59. The van der Waals surface area contributed by atoms with E-state index in [-0.39, 0.29) is 17.4 Å². The van der Waals surface area contributed by atoms with Crippen molar-refractivity contribution >= 4 is 11.4 Å². The molecule has 0 spiro atoms. The molecule has 32 heavy (non-hydrogen) atoms. The van der Waals surface area contributed by atoms with Crippen molar-refractivity contribution in [2.24, 2.45) is 17.8 Å². The number of phenolic OH excluding ortho intramolecular Hbond substituents is 2. The van der Waals surface area contributed by atoms with Gasteiger partial charge in [-0.1, -0.05) is 0 Å². The van der Waals surface area contributed by atoms with Gasteiger partial charge in [-0.05, 0) is 68.2 Å². The number of phenols is 2. The van der Waals surface area contributed by atoms with Crippen LogP contribution in [0.2, 0.25) is 0 Å². The summed E-state index contributed by atoms with van der Waals surface area (Å²) >= 11 is 0. The molecule has 2 N–H and O–H groups in total. The number of rotatable bonds is 6. The fourth-order valence-electron chi connectivity index (χ4n) is 6.08. The average molecular weight is 442 g/mol. The molecule has 2 aromatic carbocycles. The molecule has 0 amide bonds. The third-order valence-electron chi connectivity index (χ3n) is 7.03. The highest BCUT2D eigenvalue weighted by Crippen LogP contribution is 2.58. The molecule has 0 radical (unpaired) electrons. The number of hydrogen-bond donors (Lipinski definition) is 2. The zero-order chi connectivity index (χ0) is 22.6. The molecule has 3 unspecified atom stereocenters. The fraction of sp³-hybridized carbons (Fsp3) is 0.455. The van der Waals surface area contributed by atoms with E-state index in [1.807, 2.05) is 0 Å². The summed E-state index contributed by atoms with van der Waals surface area (Å²) in [5, 5.41) is 42.0. The molecule has 0 heterocycles. The van der Waals surface area contributed by atoms with E-state index in [1.54, 1.807) is 0 Å². The van der Waals surface area contributed by atoms with E-state index in [2.05, 4.69) is 0 Å². The lowest BCUT2D eigenvalue weighted by Crippen LogP contribution is -2.65. The average Bonchev–Trinajstić information content (AvgIpc) is 2.72. The predicted octanol–water partition coefficient (Wildman–Crippen LogP) is 4.32. The van der Waals surface area contributed by atoms with Crippen LogP contribution in [0.25, 0.3) is 0 Å². The summed E-state index contributed by atoms with van der Waals surface area (Å²) in [5.74, 6) is 0.809. The zero-order valence-electron chi connectivity index (χ0n) is 17.0. The number of hydrogen-bond acceptors (Lipinski definition) is 8. The molecule has 4 aliphatic rings. The molecule has 2 aromatic rings. The first-order valence-corrected chi connectivity index (χ1v) is 10.5. The molecule has 0 saturated heterocycles. The molecule has 6 rings (SSSR count). The van der Waals surface area contributed by atoms with Crippen LogP contribution in [-0.2, 0) is 0 Å². The van der Waals surface area contributed by atoms with E-state index < -0.39 is 44.4 Å². The van der Waals surface area contributed by atoms with E-state index in [4.69, 9.17) is 9.47 Å². The van der Waals surface area contributed by atoms with E-state index in [0.29, 0.717) is 11.8 Å². The van der Waals surface area contributed by atoms with Crippen LogP contribution in [-0.4, -0.2) is 31.8 Å². The van der Waals surface area contributed by atoms with Crippen molar-refractivity contribution in [1.82, 2.24) is 0 Å². The minimum atomic E-state index is -0.730. The first kappa shape index (κ1) is 20.3. The summed E-state index contributed by atoms with van der Waals surface area (Å²) in [5.41, 5.74) is -1.60. The second-order valence-corrected chi connectivity index (χ2v) is 9.13. The highest BCUT2D eigenvalue weighted by atomic mass is 16.6. The maximum Gasteiger partial charge on any atom is 0.314 e. The molecular weight excluding hydrogens is 420 g/mol. The smallest absolute Gasteiger partial charge is 0.314 e. The lowest BCUT2D eigenvalue weighted by atomic mass is 9.52. The van der Waals surface area contributed by atoms with Crippen LogP contribution in [0.4, 0.5) is 11.4 Å². The topological polar surface area (TPSA) is 145 Å². The van der Waals surface area contributed by atoms with Gasteiger partial charge in [-0.3, -0.25) is 20.2 Å². The molecule has 0 aliphatic heterocycles. The molecule has 4 fully saturated rings. The Morgan fingerprint density at radius 3 is 1.94 bits per heavy atom. The van der Waals surface area contributed by atoms with Crippen LogP contribution in [0.3, 0.4) is 0 Å². The molecule has 4 saturated carbocycles. The van der Waals surface area contributed by atoms with Crippen molar-refractivity contribution in [2.45, 2.75) is 43.8 Å². The second-order valence-electron chi connectivity index (χ2n) is 9.13. The van der Waals surface area contributed by atoms with E-state index >= 15 is 0 Å². The van der Waals surface area contributed by atoms with Gasteiger partial charge >= 0.3 is 11.4 Å². The largest absolute Gasteiger partial charge is 0.502 e. The summed E-state index contributed by atoms with van der Waals surface area (Å²) in [6.45, 7) is 0. The standard InChI is InChI=1S/C22H22N2O8/c25-19-3-1-15(8-17(19)23(27)28)31-21-14-6-12-5-13(7-14)11-22(21,10-12)32-16-2-4-20(26)18(9-16)24(29)30/h1-4,8-9,12-14,21,25-26H,5-7,10-11H2. The summed E-state index contributed by atoms with van der Waals surface area (Å²) in [6, 6.07) is 7.90. The Morgan fingerprint density at radius 2 is 1.38 bits per heavy atom. The number of nitrogens with zero attached hydrogens (tertiary/aromatic N) is 2. The molecule has 10 heteroatoms. The van der Waals surface area contributed by atoms with Gasteiger partial charge in [0.05, 0.1) is 22.0 Å². The van der Waals surface area contributed by atoms with Gasteiger partial charge in [-0.15, -0.1) is 0 Å². The first-order chi connectivity index (χ1) is 15.2. The minimum Gasteiger partial charge on any atom is -0.502 e. The molecule has 4 aliphatic carbocycles. The van der Waals surface area contributed by atoms with Crippen LogP contribution < -0.4 is 9.47 Å². The highest BCUT2D eigenvalue weighted by Gasteiger charge is 2.60. The predicted molar refractivity (Wildman–Crippen MR) is 111 cm³/mol. The Hall–Kier alpha value is -3.56. The van der Waals surface area contributed by atoms with Crippen molar-refractivity contribution in [3.05, 3.63) is 56.6 Å². The molecular formula is C22H22N2O8. The number of ether oxygens (including phenoxy) is 2. The third-order valence-corrected chi connectivity index (χ3v) is 7.03. The maximum atomic E-state index is 11.2. The van der Waals surface area contributed by atoms with Crippen molar-refractivity contribution in [2.75, 3.05) is 0 Å². The number of benzene rings is 2. The summed E-state index contributed by atoms with van der Waals surface area (Å²) in [7, 11) is 0. The molecule has 4 bridgehead atoms. The van der Waals surface area contributed by atoms with Crippen LogP contribution in [0.15, 0.2) is 36.4 Å². The zero-order valence-corrected chi connectivity index (χ0v) is 17.0. The van der Waals surface area contributed by atoms with Gasteiger partial charge in [0.2, 0.25) is 0 Å². The Balaban J connectivity index is 1.49.